The summed E-state index contributed by atoms with van der Waals surface area (Å²) in [7, 11) is 0. The number of carbonyl (C=O) groups is 2. The maximum atomic E-state index is 13.6. The summed E-state index contributed by atoms with van der Waals surface area (Å²) in [5, 5.41) is 8.08. The molecule has 1 aromatic heterocycles. The molecule has 0 N–H and O–H groups in total. The summed E-state index contributed by atoms with van der Waals surface area (Å²) >= 11 is 1.56. The number of nitrogens with zero attached hydrogens (tertiary/aromatic N) is 3. The second-order valence-electron chi connectivity index (χ2n) is 10.1. The fourth-order valence-electron chi connectivity index (χ4n) is 5.34. The third-order valence-corrected chi connectivity index (χ3v) is 8.23. The predicted octanol–water partition coefficient (Wildman–Crippen LogP) is 6.15. The van der Waals surface area contributed by atoms with Crippen LogP contribution in [0.15, 0.2) is 89.3 Å². The molecule has 2 amide bonds. The fourth-order valence-corrected chi connectivity index (χ4v) is 6.06. The van der Waals surface area contributed by atoms with Gasteiger partial charge in [-0.3, -0.25) is 9.59 Å². The third-order valence-electron chi connectivity index (χ3n) is 7.32. The van der Waals surface area contributed by atoms with E-state index in [-0.39, 0.29) is 30.3 Å². The van der Waals surface area contributed by atoms with Crippen molar-refractivity contribution in [3.63, 3.8) is 0 Å². The molecule has 8 heteroatoms. The van der Waals surface area contributed by atoms with E-state index in [1.807, 2.05) is 53.6 Å². The smallest absolute Gasteiger partial charge is 0.281 e. The fraction of sp³-hybridized carbons (Fsp3) is 0.219. The second-order valence-corrected chi connectivity index (χ2v) is 11.0. The van der Waals surface area contributed by atoms with Gasteiger partial charge in [0.25, 0.3) is 11.8 Å². The Balaban J connectivity index is 1.18. The van der Waals surface area contributed by atoms with E-state index in [0.29, 0.717) is 37.2 Å². The van der Waals surface area contributed by atoms with Crippen molar-refractivity contribution in [1.82, 2.24) is 9.91 Å². The maximum absolute atomic E-state index is 13.6. The van der Waals surface area contributed by atoms with E-state index < -0.39 is 0 Å². The average Bonchev–Trinajstić information content (AvgIpc) is 3.65. The first-order valence-corrected chi connectivity index (χ1v) is 14.1. The zero-order chi connectivity index (χ0) is 27.6. The minimum Gasteiger partial charge on any atom is -0.483 e. The summed E-state index contributed by atoms with van der Waals surface area (Å²) < 4.78 is 19.6. The number of fused-ring (bicyclic) bond motifs is 1. The highest BCUT2D eigenvalue weighted by Gasteiger charge is 2.34. The highest BCUT2D eigenvalue weighted by Crippen LogP contribution is 2.34. The summed E-state index contributed by atoms with van der Waals surface area (Å²) in [6.07, 6.45) is 1.17. The number of hydrazone groups is 1. The van der Waals surface area contributed by atoms with Crippen LogP contribution in [0, 0.1) is 12.7 Å². The van der Waals surface area contributed by atoms with Gasteiger partial charge in [0.15, 0.2) is 6.61 Å². The minimum absolute atomic E-state index is 0.0411. The number of benzene rings is 3. The molecule has 0 radical (unpaired) electrons. The molecule has 3 heterocycles. The van der Waals surface area contributed by atoms with E-state index in [1.54, 1.807) is 35.6 Å². The van der Waals surface area contributed by atoms with E-state index in [4.69, 9.17) is 4.74 Å². The molecule has 6 nitrogen and oxygen atoms in total. The number of ether oxygens (including phenoxy) is 1. The van der Waals surface area contributed by atoms with Crippen molar-refractivity contribution in [2.24, 2.45) is 5.10 Å². The quantitative estimate of drug-likeness (QED) is 0.276. The first-order valence-electron chi connectivity index (χ1n) is 13.2. The van der Waals surface area contributed by atoms with Gasteiger partial charge in [0.1, 0.15) is 11.6 Å². The van der Waals surface area contributed by atoms with Gasteiger partial charge in [0, 0.05) is 30.6 Å². The topological polar surface area (TPSA) is 62.2 Å². The molecule has 0 bridgehead atoms. The van der Waals surface area contributed by atoms with Crippen LogP contribution in [0.1, 0.15) is 50.0 Å². The lowest BCUT2D eigenvalue weighted by atomic mass is 9.97. The zero-order valence-electron chi connectivity index (χ0n) is 22.0. The lowest BCUT2D eigenvalue weighted by Gasteiger charge is -2.30. The Kier molecular flexibility index (Phi) is 7.17. The van der Waals surface area contributed by atoms with Crippen LogP contribution < -0.4 is 4.74 Å². The van der Waals surface area contributed by atoms with Crippen LogP contribution in [0.3, 0.4) is 0 Å². The molecule has 4 aromatic rings. The molecule has 3 aromatic carbocycles. The number of carbonyl (C=O) groups excluding carboxylic acids is 2. The SMILES string of the molecule is Cc1cccc(CN2CCc3c(OCC(=O)N4N=C(c5cccs5)C[C@H]4c4ccc(F)cc4)cccc3C2=O)c1. The summed E-state index contributed by atoms with van der Waals surface area (Å²) in [6, 6.07) is 23.3. The minimum atomic E-state index is -0.352. The van der Waals surface area contributed by atoms with Gasteiger partial charge in [-0.15, -0.1) is 11.3 Å². The van der Waals surface area contributed by atoms with Gasteiger partial charge in [0.05, 0.1) is 16.6 Å². The summed E-state index contributed by atoms with van der Waals surface area (Å²) in [5.41, 5.74) is 5.30. The van der Waals surface area contributed by atoms with Crippen LogP contribution in [0.2, 0.25) is 0 Å². The van der Waals surface area contributed by atoms with Crippen LogP contribution in [0.5, 0.6) is 5.75 Å². The number of halogens is 1. The first kappa shape index (κ1) is 26.0. The maximum Gasteiger partial charge on any atom is 0.281 e. The summed E-state index contributed by atoms with van der Waals surface area (Å²) in [6.45, 7) is 2.94. The van der Waals surface area contributed by atoms with Crippen molar-refractivity contribution in [3.05, 3.63) is 123 Å². The molecule has 1 atom stereocenters. The molecule has 0 fully saturated rings. The van der Waals surface area contributed by atoms with E-state index in [2.05, 4.69) is 11.2 Å². The van der Waals surface area contributed by atoms with Crippen LogP contribution in [-0.4, -0.2) is 40.6 Å². The number of thiophene rings is 1. The average molecular weight is 554 g/mol. The third kappa shape index (κ3) is 5.27. The number of hydrogen-bond acceptors (Lipinski definition) is 5. The molecular formula is C32H28FN3O3S. The molecule has 0 aliphatic carbocycles. The Morgan fingerprint density at radius 2 is 1.90 bits per heavy atom. The van der Waals surface area contributed by atoms with Crippen molar-refractivity contribution in [2.75, 3.05) is 13.2 Å². The van der Waals surface area contributed by atoms with Gasteiger partial charge < -0.3 is 9.64 Å². The van der Waals surface area contributed by atoms with Gasteiger partial charge >= 0.3 is 0 Å². The van der Waals surface area contributed by atoms with Gasteiger partial charge in [-0.2, -0.15) is 5.10 Å². The number of amides is 2. The first-order chi connectivity index (χ1) is 19.5. The lowest BCUT2D eigenvalue weighted by Crippen LogP contribution is -2.37. The Bertz CT molecular complexity index is 1580. The molecule has 6 rings (SSSR count). The van der Waals surface area contributed by atoms with Gasteiger partial charge in [-0.1, -0.05) is 54.1 Å². The van der Waals surface area contributed by atoms with Gasteiger partial charge in [0.2, 0.25) is 0 Å². The molecule has 202 valence electrons. The van der Waals surface area contributed by atoms with Crippen molar-refractivity contribution in [3.8, 4) is 5.75 Å². The van der Waals surface area contributed by atoms with Crippen molar-refractivity contribution >= 4 is 28.9 Å². The largest absolute Gasteiger partial charge is 0.483 e. The molecule has 0 saturated heterocycles. The van der Waals surface area contributed by atoms with Crippen molar-refractivity contribution in [1.29, 1.82) is 0 Å². The van der Waals surface area contributed by atoms with Crippen LogP contribution in [-0.2, 0) is 17.8 Å². The van der Waals surface area contributed by atoms with E-state index >= 15 is 0 Å². The van der Waals surface area contributed by atoms with Crippen molar-refractivity contribution in [2.45, 2.75) is 32.4 Å². The zero-order valence-corrected chi connectivity index (χ0v) is 22.9. The number of hydrogen-bond donors (Lipinski definition) is 0. The molecule has 40 heavy (non-hydrogen) atoms. The Morgan fingerprint density at radius 3 is 2.67 bits per heavy atom. The van der Waals surface area contributed by atoms with Gasteiger partial charge in [-0.05, 0) is 60.2 Å². The lowest BCUT2D eigenvalue weighted by molar-refractivity contribution is -0.135. The Morgan fingerprint density at radius 1 is 1.07 bits per heavy atom. The Labute approximate surface area is 236 Å². The summed E-state index contributed by atoms with van der Waals surface area (Å²) in [4.78, 5) is 29.6. The van der Waals surface area contributed by atoms with E-state index in [9.17, 15) is 14.0 Å². The molecule has 2 aliphatic heterocycles. The van der Waals surface area contributed by atoms with Gasteiger partial charge in [-0.25, -0.2) is 9.40 Å². The van der Waals surface area contributed by atoms with Crippen LogP contribution in [0.25, 0.3) is 0 Å². The van der Waals surface area contributed by atoms with Crippen LogP contribution in [0.4, 0.5) is 4.39 Å². The molecule has 0 unspecified atom stereocenters. The molecular weight excluding hydrogens is 525 g/mol. The normalized spacial score (nSPS) is 16.6. The molecule has 2 aliphatic rings. The second kappa shape index (κ2) is 11.1. The highest BCUT2D eigenvalue weighted by molar-refractivity contribution is 7.12. The van der Waals surface area contributed by atoms with E-state index in [0.717, 1.165) is 32.8 Å². The Hall–Kier alpha value is -4.30. The standard InChI is InChI=1S/C32H28FN3O3S/c1-21-5-2-6-22(17-21)19-35-15-14-25-26(32(35)38)7-3-8-29(25)39-20-31(37)36-28(23-10-12-24(33)13-11-23)18-27(34-36)30-9-4-16-40-30/h2-13,16-17,28H,14-15,18-20H2,1H3/t28-/m0/s1. The number of rotatable bonds is 7. The summed E-state index contributed by atoms with van der Waals surface area (Å²) in [5.74, 6) is -0.139. The monoisotopic (exact) mass is 553 g/mol. The molecule has 0 saturated carbocycles. The van der Waals surface area contributed by atoms with Crippen molar-refractivity contribution < 1.29 is 18.7 Å². The number of aryl methyl sites for hydroxylation is 1. The highest BCUT2D eigenvalue weighted by atomic mass is 32.1. The van der Waals surface area contributed by atoms with E-state index in [1.165, 1.54) is 17.1 Å². The molecule has 0 spiro atoms. The van der Waals surface area contributed by atoms with Crippen LogP contribution >= 0.6 is 11.3 Å². The predicted molar refractivity (Wildman–Crippen MR) is 153 cm³/mol.